The zero-order chi connectivity index (χ0) is 11.6. The monoisotopic (exact) mass is 231 g/mol. The van der Waals surface area contributed by atoms with Crippen LogP contribution in [0, 0.1) is 5.82 Å². The fourth-order valence-corrected chi connectivity index (χ4v) is 1.41. The number of nitrogens with two attached hydrogens (primary N) is 1. The van der Waals surface area contributed by atoms with Gasteiger partial charge >= 0.3 is 0 Å². The third kappa shape index (κ3) is 2.27. The molecule has 1 aromatic rings. The lowest BCUT2D eigenvalue weighted by Crippen LogP contribution is -2.27. The Bertz CT molecular complexity index is 393. The minimum atomic E-state index is -0.680. The van der Waals surface area contributed by atoms with Gasteiger partial charge in [-0.1, -0.05) is 11.6 Å². The topological polar surface area (TPSA) is 52.3 Å². The number of hydrogen-bond donors (Lipinski definition) is 1. The highest BCUT2D eigenvalue weighted by Gasteiger charge is 2.20. The number of ketones is 1. The van der Waals surface area contributed by atoms with E-state index >= 15 is 0 Å². The predicted octanol–water partition coefficient (Wildman–Crippen LogP) is 2.02. The molecule has 1 unspecified atom stereocenters. The van der Waals surface area contributed by atoms with Gasteiger partial charge in [-0.15, -0.1) is 0 Å². The molecule has 82 valence electrons. The van der Waals surface area contributed by atoms with Gasteiger partial charge < -0.3 is 10.5 Å². The van der Waals surface area contributed by atoms with Crippen LogP contribution in [0.5, 0.6) is 5.75 Å². The molecule has 0 aliphatic rings. The Morgan fingerprint density at radius 2 is 2.20 bits per heavy atom. The average Bonchev–Trinajstić information content (AvgIpc) is 2.20. The van der Waals surface area contributed by atoms with E-state index in [1.807, 2.05) is 0 Å². The number of Topliss-reactive ketones (excluding diaryl/α,β-unsaturated/α-hetero) is 1. The van der Waals surface area contributed by atoms with Crippen LogP contribution in [0.25, 0.3) is 0 Å². The van der Waals surface area contributed by atoms with Crippen molar-refractivity contribution < 1.29 is 13.9 Å². The zero-order valence-corrected chi connectivity index (χ0v) is 9.14. The largest absolute Gasteiger partial charge is 0.494 e. The fourth-order valence-electron chi connectivity index (χ4n) is 1.17. The number of halogens is 2. The van der Waals surface area contributed by atoms with Crippen molar-refractivity contribution in [1.82, 2.24) is 0 Å². The van der Waals surface area contributed by atoms with Crippen LogP contribution >= 0.6 is 11.6 Å². The van der Waals surface area contributed by atoms with Crippen molar-refractivity contribution in [2.45, 2.75) is 13.0 Å². The summed E-state index contributed by atoms with van der Waals surface area (Å²) in [4.78, 5) is 11.6. The van der Waals surface area contributed by atoms with Crippen LogP contribution in [0.2, 0.25) is 5.02 Å². The Kier molecular flexibility index (Phi) is 3.66. The number of benzene rings is 1. The number of ether oxygens (including phenoxy) is 1. The molecule has 1 atom stereocenters. The molecule has 2 N–H and O–H groups in total. The number of carbonyl (C=O) groups is 1. The van der Waals surface area contributed by atoms with Gasteiger partial charge in [0.2, 0.25) is 0 Å². The summed E-state index contributed by atoms with van der Waals surface area (Å²) in [6.45, 7) is 1.54. The van der Waals surface area contributed by atoms with Gasteiger partial charge in [-0.25, -0.2) is 4.39 Å². The molecule has 0 saturated carbocycles. The Morgan fingerprint density at radius 1 is 1.60 bits per heavy atom. The van der Waals surface area contributed by atoms with E-state index in [2.05, 4.69) is 0 Å². The molecular weight excluding hydrogens is 221 g/mol. The van der Waals surface area contributed by atoms with E-state index in [9.17, 15) is 9.18 Å². The van der Waals surface area contributed by atoms with Crippen LogP contribution < -0.4 is 10.5 Å². The molecule has 0 aliphatic carbocycles. The Morgan fingerprint density at radius 3 is 2.67 bits per heavy atom. The summed E-state index contributed by atoms with van der Waals surface area (Å²) in [5.41, 5.74) is 5.63. The third-order valence-corrected chi connectivity index (χ3v) is 2.29. The number of hydrogen-bond acceptors (Lipinski definition) is 3. The highest BCUT2D eigenvalue weighted by molar-refractivity contribution is 6.33. The van der Waals surface area contributed by atoms with E-state index < -0.39 is 11.9 Å². The molecule has 0 heterocycles. The molecular formula is C10H11ClFNO2. The molecule has 1 aromatic carbocycles. The molecule has 0 radical (unpaired) electrons. The Labute approximate surface area is 92.0 Å². The molecule has 5 heteroatoms. The van der Waals surface area contributed by atoms with Gasteiger partial charge in [-0.2, -0.15) is 0 Å². The van der Waals surface area contributed by atoms with E-state index in [1.165, 1.54) is 13.2 Å². The van der Waals surface area contributed by atoms with Crippen LogP contribution in [0.1, 0.15) is 17.3 Å². The minimum Gasteiger partial charge on any atom is -0.494 e. The van der Waals surface area contributed by atoms with Crippen LogP contribution in [0.3, 0.4) is 0 Å². The molecule has 0 bridgehead atoms. The maximum absolute atomic E-state index is 13.1. The number of methoxy groups -OCH3 is 1. The van der Waals surface area contributed by atoms with E-state index in [0.29, 0.717) is 0 Å². The third-order valence-electron chi connectivity index (χ3n) is 1.93. The maximum atomic E-state index is 13.1. The summed E-state index contributed by atoms with van der Waals surface area (Å²) in [7, 11) is 1.32. The van der Waals surface area contributed by atoms with Crippen molar-refractivity contribution in [2.24, 2.45) is 5.73 Å². The molecule has 0 fully saturated rings. The normalized spacial score (nSPS) is 12.3. The van der Waals surface area contributed by atoms with Crippen molar-refractivity contribution in [3.63, 3.8) is 0 Å². The maximum Gasteiger partial charge on any atom is 0.183 e. The second-order valence-electron chi connectivity index (χ2n) is 3.10. The van der Waals surface area contributed by atoms with Crippen LogP contribution in [-0.4, -0.2) is 18.9 Å². The van der Waals surface area contributed by atoms with Gasteiger partial charge in [0.05, 0.1) is 18.7 Å². The predicted molar refractivity (Wildman–Crippen MR) is 55.9 cm³/mol. The first-order valence-electron chi connectivity index (χ1n) is 4.30. The van der Waals surface area contributed by atoms with Crippen molar-refractivity contribution in [1.29, 1.82) is 0 Å². The van der Waals surface area contributed by atoms with Crippen LogP contribution in [0.15, 0.2) is 12.1 Å². The lowest BCUT2D eigenvalue weighted by molar-refractivity contribution is 0.0965. The molecule has 0 saturated heterocycles. The van der Waals surface area contributed by atoms with E-state index in [-0.39, 0.29) is 22.1 Å². The van der Waals surface area contributed by atoms with Gasteiger partial charge in [0.25, 0.3) is 0 Å². The standard InChI is InChI=1S/C10H11ClFNO2/c1-5(13)9(14)6-3-4-7(12)8(11)10(6)15-2/h3-5H,13H2,1-2H3. The Hall–Kier alpha value is -1.13. The highest BCUT2D eigenvalue weighted by atomic mass is 35.5. The van der Waals surface area contributed by atoms with Crippen LogP contribution in [0.4, 0.5) is 4.39 Å². The minimum absolute atomic E-state index is 0.0268. The van der Waals surface area contributed by atoms with E-state index in [1.54, 1.807) is 6.92 Å². The van der Waals surface area contributed by atoms with Gasteiger partial charge in [0, 0.05) is 0 Å². The van der Waals surface area contributed by atoms with Crippen molar-refractivity contribution in [3.05, 3.63) is 28.5 Å². The van der Waals surface area contributed by atoms with Gasteiger partial charge in [0.15, 0.2) is 11.5 Å². The lowest BCUT2D eigenvalue weighted by Gasteiger charge is -2.11. The second-order valence-corrected chi connectivity index (χ2v) is 3.47. The molecule has 0 spiro atoms. The molecule has 1 rings (SSSR count). The summed E-state index contributed by atoms with van der Waals surface area (Å²) < 4.78 is 17.9. The Balaban J connectivity index is 3.31. The first kappa shape index (κ1) is 11.9. The molecule has 0 aliphatic heterocycles. The molecule has 3 nitrogen and oxygen atoms in total. The summed E-state index contributed by atoms with van der Waals surface area (Å²) in [5.74, 6) is -0.942. The average molecular weight is 232 g/mol. The molecule has 0 amide bonds. The summed E-state index contributed by atoms with van der Waals surface area (Å²) >= 11 is 5.65. The van der Waals surface area contributed by atoms with Gasteiger partial charge in [0.1, 0.15) is 10.8 Å². The smallest absolute Gasteiger partial charge is 0.183 e. The van der Waals surface area contributed by atoms with E-state index in [0.717, 1.165) is 6.07 Å². The number of rotatable bonds is 3. The summed E-state index contributed by atoms with van der Waals surface area (Å²) in [6.07, 6.45) is 0. The summed E-state index contributed by atoms with van der Waals surface area (Å²) in [5, 5.41) is -0.205. The zero-order valence-electron chi connectivity index (χ0n) is 8.38. The summed E-state index contributed by atoms with van der Waals surface area (Å²) in [6, 6.07) is 1.74. The van der Waals surface area contributed by atoms with Crippen molar-refractivity contribution in [3.8, 4) is 5.75 Å². The lowest BCUT2D eigenvalue weighted by atomic mass is 10.0. The van der Waals surface area contributed by atoms with E-state index in [4.69, 9.17) is 22.1 Å². The van der Waals surface area contributed by atoms with Crippen molar-refractivity contribution in [2.75, 3.05) is 7.11 Å². The first-order valence-corrected chi connectivity index (χ1v) is 4.68. The quantitative estimate of drug-likeness (QED) is 0.810. The van der Waals surface area contributed by atoms with Crippen LogP contribution in [-0.2, 0) is 0 Å². The van der Waals surface area contributed by atoms with Gasteiger partial charge in [-0.3, -0.25) is 4.79 Å². The van der Waals surface area contributed by atoms with Gasteiger partial charge in [-0.05, 0) is 19.1 Å². The first-order chi connectivity index (χ1) is 6.99. The number of carbonyl (C=O) groups excluding carboxylic acids is 1. The fraction of sp³-hybridized carbons (Fsp3) is 0.300. The van der Waals surface area contributed by atoms with Crippen molar-refractivity contribution >= 4 is 17.4 Å². The second kappa shape index (κ2) is 4.59. The highest BCUT2D eigenvalue weighted by Crippen LogP contribution is 2.31. The SMILES string of the molecule is COc1c(C(=O)C(C)N)ccc(F)c1Cl. The molecule has 15 heavy (non-hydrogen) atoms. The molecule has 0 aromatic heterocycles.